The zero-order chi connectivity index (χ0) is 32.8. The summed E-state index contributed by atoms with van der Waals surface area (Å²) in [5.74, 6) is 4.60. The van der Waals surface area contributed by atoms with Crippen LogP contribution in [-0.2, 0) is 10.8 Å². The highest BCUT2D eigenvalue weighted by atomic mass is 14.6. The Hall–Kier alpha value is -2.08. The quantitative estimate of drug-likeness (QED) is 0.323. The van der Waals surface area contributed by atoms with E-state index in [0.29, 0.717) is 23.2 Å². The molecule has 0 aromatic heterocycles. The SMILES string of the molecule is CC(C)C1(C2c3ccc(C(C)(C)C)cc3-c3cc(C(C)(C)C)ccc32)CC(C(C)(C)C)C2=C1C=C(C13CC4CC(CC(C4)C1)C3)C2. The van der Waals surface area contributed by atoms with Crippen molar-refractivity contribution in [1.82, 2.24) is 0 Å². The normalized spacial score (nSPS) is 33.6. The molecule has 7 aliphatic rings. The van der Waals surface area contributed by atoms with Gasteiger partial charge in [-0.2, -0.15) is 0 Å². The van der Waals surface area contributed by atoms with Crippen LogP contribution in [0.4, 0.5) is 0 Å². The molecular weight excluding hydrogens is 553 g/mol. The molecule has 4 bridgehead atoms. The maximum atomic E-state index is 2.90. The van der Waals surface area contributed by atoms with Crippen molar-refractivity contribution in [3.8, 4) is 11.1 Å². The van der Waals surface area contributed by atoms with Crippen molar-refractivity contribution in [3.05, 3.63) is 81.4 Å². The van der Waals surface area contributed by atoms with Crippen LogP contribution in [0.25, 0.3) is 11.1 Å². The Kier molecular flexibility index (Phi) is 6.62. The predicted molar refractivity (Wildman–Crippen MR) is 196 cm³/mol. The van der Waals surface area contributed by atoms with Crippen LogP contribution in [0.15, 0.2) is 59.2 Å². The van der Waals surface area contributed by atoms with Crippen molar-refractivity contribution in [1.29, 1.82) is 0 Å². The van der Waals surface area contributed by atoms with Crippen LogP contribution in [0.5, 0.6) is 0 Å². The molecule has 9 rings (SSSR count). The fraction of sp³-hybridized carbons (Fsp3) is 0.652. The van der Waals surface area contributed by atoms with Gasteiger partial charge in [-0.1, -0.05) is 130 Å². The number of hydrogen-bond acceptors (Lipinski definition) is 0. The Bertz CT molecular complexity index is 1550. The Morgan fingerprint density at radius 2 is 1.13 bits per heavy atom. The summed E-state index contributed by atoms with van der Waals surface area (Å²) >= 11 is 0. The summed E-state index contributed by atoms with van der Waals surface area (Å²) in [6, 6.07) is 15.3. The lowest BCUT2D eigenvalue weighted by molar-refractivity contribution is -0.0316. The molecule has 2 unspecified atom stereocenters. The van der Waals surface area contributed by atoms with E-state index in [2.05, 4.69) is 119 Å². The van der Waals surface area contributed by atoms with E-state index in [0.717, 1.165) is 17.8 Å². The highest BCUT2D eigenvalue weighted by Gasteiger charge is 2.60. The van der Waals surface area contributed by atoms with Gasteiger partial charge >= 0.3 is 0 Å². The van der Waals surface area contributed by atoms with Crippen LogP contribution < -0.4 is 0 Å². The molecule has 2 atom stereocenters. The van der Waals surface area contributed by atoms with E-state index in [-0.39, 0.29) is 21.7 Å². The van der Waals surface area contributed by atoms with E-state index < -0.39 is 0 Å². The smallest absolute Gasteiger partial charge is 0.0201 e. The van der Waals surface area contributed by atoms with Crippen LogP contribution in [0.3, 0.4) is 0 Å². The zero-order valence-corrected chi connectivity index (χ0v) is 31.2. The molecule has 0 heterocycles. The summed E-state index contributed by atoms with van der Waals surface area (Å²) in [6.45, 7) is 27.0. The van der Waals surface area contributed by atoms with E-state index in [1.54, 1.807) is 16.7 Å². The van der Waals surface area contributed by atoms with Crippen molar-refractivity contribution in [2.45, 2.75) is 144 Å². The monoisotopic (exact) mass is 614 g/mol. The molecule has 0 heteroatoms. The molecule has 0 N–H and O–H groups in total. The first-order valence-corrected chi connectivity index (χ1v) is 19.1. The lowest BCUT2D eigenvalue weighted by atomic mass is 9.47. The summed E-state index contributed by atoms with van der Waals surface area (Å²) in [5.41, 5.74) is 15.8. The van der Waals surface area contributed by atoms with Crippen LogP contribution in [0.1, 0.15) is 156 Å². The van der Waals surface area contributed by atoms with Crippen molar-refractivity contribution >= 4 is 0 Å². The van der Waals surface area contributed by atoms with Gasteiger partial charge < -0.3 is 0 Å². The van der Waals surface area contributed by atoms with Crippen LogP contribution >= 0.6 is 0 Å². The summed E-state index contributed by atoms with van der Waals surface area (Å²) in [4.78, 5) is 0. The second-order valence-corrected chi connectivity index (χ2v) is 20.8. The predicted octanol–water partition coefficient (Wildman–Crippen LogP) is 12.9. The molecule has 0 aliphatic heterocycles. The lowest BCUT2D eigenvalue weighted by Gasteiger charge is -2.58. The third-order valence-corrected chi connectivity index (χ3v) is 14.6. The molecule has 2 aromatic rings. The van der Waals surface area contributed by atoms with E-state index in [9.17, 15) is 0 Å². The summed E-state index contributed by atoms with van der Waals surface area (Å²) < 4.78 is 0. The van der Waals surface area contributed by atoms with Gasteiger partial charge in [0.15, 0.2) is 0 Å². The Labute approximate surface area is 281 Å². The molecule has 0 saturated heterocycles. The minimum absolute atomic E-state index is 0.115. The van der Waals surface area contributed by atoms with Crippen LogP contribution in [-0.4, -0.2) is 0 Å². The van der Waals surface area contributed by atoms with E-state index in [1.165, 1.54) is 73.6 Å². The fourth-order valence-corrected chi connectivity index (χ4v) is 12.5. The van der Waals surface area contributed by atoms with E-state index >= 15 is 0 Å². The molecule has 46 heavy (non-hydrogen) atoms. The van der Waals surface area contributed by atoms with Gasteiger partial charge in [0.2, 0.25) is 0 Å². The number of hydrogen-bond donors (Lipinski definition) is 0. The first kappa shape index (κ1) is 31.2. The molecular formula is C46H62. The number of fused-ring (bicyclic) bond motifs is 3. The topological polar surface area (TPSA) is 0 Å². The highest BCUT2D eigenvalue weighted by molar-refractivity contribution is 5.82. The number of benzene rings is 2. The van der Waals surface area contributed by atoms with Gasteiger partial charge in [-0.05, 0) is 142 Å². The summed E-state index contributed by atoms with van der Waals surface area (Å²) in [7, 11) is 0. The number of rotatable bonds is 3. The maximum absolute atomic E-state index is 2.90. The average molecular weight is 615 g/mol. The third kappa shape index (κ3) is 4.43. The van der Waals surface area contributed by atoms with Crippen molar-refractivity contribution in [3.63, 3.8) is 0 Å². The molecule has 4 fully saturated rings. The average Bonchev–Trinajstić information content (AvgIpc) is 3.60. The van der Waals surface area contributed by atoms with Gasteiger partial charge in [0, 0.05) is 11.3 Å². The van der Waals surface area contributed by atoms with Crippen LogP contribution in [0.2, 0.25) is 0 Å². The largest absolute Gasteiger partial charge is 0.0619 e. The first-order valence-electron chi connectivity index (χ1n) is 19.1. The van der Waals surface area contributed by atoms with Crippen LogP contribution in [0, 0.1) is 45.8 Å². The molecule has 0 nitrogen and oxygen atoms in total. The van der Waals surface area contributed by atoms with Crippen molar-refractivity contribution in [2.24, 2.45) is 45.8 Å². The molecule has 2 aromatic carbocycles. The van der Waals surface area contributed by atoms with Gasteiger partial charge in [0.05, 0.1) is 0 Å². The third-order valence-electron chi connectivity index (χ3n) is 14.6. The van der Waals surface area contributed by atoms with Crippen molar-refractivity contribution in [2.75, 3.05) is 0 Å². The number of allylic oxidation sites excluding steroid dienone is 4. The van der Waals surface area contributed by atoms with Gasteiger partial charge in [0.25, 0.3) is 0 Å². The zero-order valence-electron chi connectivity index (χ0n) is 31.2. The molecule has 4 saturated carbocycles. The Balaban J connectivity index is 1.33. The maximum Gasteiger partial charge on any atom is 0.0201 e. The van der Waals surface area contributed by atoms with Gasteiger partial charge in [0.1, 0.15) is 0 Å². The van der Waals surface area contributed by atoms with Gasteiger partial charge in [-0.15, -0.1) is 0 Å². The van der Waals surface area contributed by atoms with Gasteiger partial charge in [-0.3, -0.25) is 0 Å². The highest BCUT2D eigenvalue weighted by Crippen LogP contribution is 2.72. The second kappa shape index (κ2) is 9.76. The summed E-state index contributed by atoms with van der Waals surface area (Å²) in [6.07, 6.45) is 14.5. The lowest BCUT2D eigenvalue weighted by Crippen LogP contribution is -2.47. The minimum atomic E-state index is 0.115. The van der Waals surface area contributed by atoms with Gasteiger partial charge in [-0.25, -0.2) is 0 Å². The summed E-state index contributed by atoms with van der Waals surface area (Å²) in [5, 5.41) is 0. The Morgan fingerprint density at radius 3 is 1.54 bits per heavy atom. The molecule has 0 radical (unpaired) electrons. The minimum Gasteiger partial charge on any atom is -0.0619 e. The molecule has 246 valence electrons. The van der Waals surface area contributed by atoms with E-state index in [4.69, 9.17) is 0 Å². The van der Waals surface area contributed by atoms with E-state index in [1.807, 2.05) is 11.1 Å². The van der Waals surface area contributed by atoms with Crippen molar-refractivity contribution < 1.29 is 0 Å². The first-order chi connectivity index (χ1) is 21.4. The molecule has 0 spiro atoms. The second-order valence-electron chi connectivity index (χ2n) is 20.8. The Morgan fingerprint density at radius 1 is 0.652 bits per heavy atom. The standard InChI is InChI=1S/C46H62/c1-27(2)46(41-34-14-12-31(42(3,4)5)19-36(34)37-20-32(43(6,7)8)13-15-35(37)41)26-40(44(9,10)11)38-21-33(22-39(38)46)45-23-28-16-29(24-45)18-30(17-28)25-45/h12-15,19-20,22,27-30,40-41H,16-18,21,23-26H2,1-11H3. The molecule has 7 aliphatic carbocycles. The molecule has 0 amide bonds. The fourth-order valence-electron chi connectivity index (χ4n) is 12.5.